The average Bonchev–Trinajstić information content (AvgIpc) is 2.03. The zero-order chi connectivity index (χ0) is 9.84. The van der Waals surface area contributed by atoms with E-state index in [0.717, 1.165) is 17.5 Å². The molecule has 0 radical (unpaired) electrons. The van der Waals surface area contributed by atoms with Crippen LogP contribution >= 0.6 is 0 Å². The predicted molar refractivity (Wildman–Crippen MR) is 53.2 cm³/mol. The van der Waals surface area contributed by atoms with Gasteiger partial charge in [0.2, 0.25) is 0 Å². The van der Waals surface area contributed by atoms with E-state index in [1.807, 2.05) is 6.07 Å². The SMILES string of the molecule is CC(C)c1cc(F)cc(CCN)c1. The van der Waals surface area contributed by atoms with Gasteiger partial charge in [-0.1, -0.05) is 19.9 Å². The van der Waals surface area contributed by atoms with E-state index >= 15 is 0 Å². The van der Waals surface area contributed by atoms with E-state index in [0.29, 0.717) is 12.5 Å². The van der Waals surface area contributed by atoms with Gasteiger partial charge in [-0.25, -0.2) is 4.39 Å². The van der Waals surface area contributed by atoms with Crippen molar-refractivity contribution in [2.24, 2.45) is 5.73 Å². The Morgan fingerprint density at radius 3 is 2.54 bits per heavy atom. The summed E-state index contributed by atoms with van der Waals surface area (Å²) in [6.07, 6.45) is 0.747. The summed E-state index contributed by atoms with van der Waals surface area (Å²) in [7, 11) is 0. The maximum atomic E-state index is 13.1. The van der Waals surface area contributed by atoms with Crippen LogP contribution in [0.15, 0.2) is 18.2 Å². The van der Waals surface area contributed by atoms with Crippen molar-refractivity contribution in [2.75, 3.05) is 6.54 Å². The summed E-state index contributed by atoms with van der Waals surface area (Å²) < 4.78 is 13.1. The fourth-order valence-electron chi connectivity index (χ4n) is 1.32. The summed E-state index contributed by atoms with van der Waals surface area (Å²) in [6.45, 7) is 4.68. The number of rotatable bonds is 3. The molecular weight excluding hydrogens is 165 g/mol. The van der Waals surface area contributed by atoms with Crippen molar-refractivity contribution in [3.05, 3.63) is 35.1 Å². The summed E-state index contributed by atoms with van der Waals surface area (Å²) in [5.41, 5.74) is 7.45. The van der Waals surface area contributed by atoms with Crippen LogP contribution in [0.2, 0.25) is 0 Å². The molecule has 1 rings (SSSR count). The molecule has 2 heteroatoms. The lowest BCUT2D eigenvalue weighted by Crippen LogP contribution is -2.03. The number of hydrogen-bond acceptors (Lipinski definition) is 1. The minimum Gasteiger partial charge on any atom is -0.330 e. The molecule has 0 atom stereocenters. The van der Waals surface area contributed by atoms with Crippen molar-refractivity contribution < 1.29 is 4.39 Å². The second-order valence-corrected chi connectivity index (χ2v) is 3.59. The van der Waals surface area contributed by atoms with Gasteiger partial charge in [-0.2, -0.15) is 0 Å². The molecule has 0 aliphatic carbocycles. The summed E-state index contributed by atoms with van der Waals surface area (Å²) >= 11 is 0. The van der Waals surface area contributed by atoms with Crippen LogP contribution < -0.4 is 5.73 Å². The summed E-state index contributed by atoms with van der Waals surface area (Å²) in [5, 5.41) is 0. The highest BCUT2D eigenvalue weighted by Crippen LogP contribution is 2.17. The van der Waals surface area contributed by atoms with Crippen molar-refractivity contribution in [1.82, 2.24) is 0 Å². The van der Waals surface area contributed by atoms with Gasteiger partial charge in [-0.3, -0.25) is 0 Å². The van der Waals surface area contributed by atoms with Crippen molar-refractivity contribution in [2.45, 2.75) is 26.2 Å². The first-order chi connectivity index (χ1) is 6.13. The van der Waals surface area contributed by atoms with E-state index in [-0.39, 0.29) is 5.82 Å². The van der Waals surface area contributed by atoms with Crippen LogP contribution in [0.1, 0.15) is 30.9 Å². The highest BCUT2D eigenvalue weighted by molar-refractivity contribution is 5.27. The lowest BCUT2D eigenvalue weighted by Gasteiger charge is -2.08. The molecule has 0 amide bonds. The molecule has 1 aromatic rings. The Morgan fingerprint density at radius 2 is 2.00 bits per heavy atom. The normalized spacial score (nSPS) is 10.8. The topological polar surface area (TPSA) is 26.0 Å². The predicted octanol–water partition coefficient (Wildman–Crippen LogP) is 2.45. The number of halogens is 1. The lowest BCUT2D eigenvalue weighted by atomic mass is 9.99. The van der Waals surface area contributed by atoms with Crippen molar-refractivity contribution in [3.63, 3.8) is 0 Å². The van der Waals surface area contributed by atoms with Crippen LogP contribution in [0.5, 0.6) is 0 Å². The van der Waals surface area contributed by atoms with E-state index in [9.17, 15) is 4.39 Å². The number of hydrogen-bond donors (Lipinski definition) is 1. The van der Waals surface area contributed by atoms with E-state index < -0.39 is 0 Å². The zero-order valence-corrected chi connectivity index (χ0v) is 8.18. The minimum absolute atomic E-state index is 0.158. The molecule has 0 aliphatic rings. The van der Waals surface area contributed by atoms with Crippen LogP contribution in [-0.2, 0) is 6.42 Å². The van der Waals surface area contributed by atoms with Gasteiger partial charge in [0, 0.05) is 0 Å². The molecule has 2 N–H and O–H groups in total. The molecule has 1 aromatic carbocycles. The Morgan fingerprint density at radius 1 is 1.31 bits per heavy atom. The van der Waals surface area contributed by atoms with Gasteiger partial charge in [-0.05, 0) is 42.1 Å². The Hall–Kier alpha value is -0.890. The summed E-state index contributed by atoms with van der Waals surface area (Å²) in [6, 6.07) is 5.17. The average molecular weight is 181 g/mol. The third-order valence-electron chi connectivity index (χ3n) is 2.08. The third-order valence-corrected chi connectivity index (χ3v) is 2.08. The largest absolute Gasteiger partial charge is 0.330 e. The van der Waals surface area contributed by atoms with Crippen LogP contribution in [0, 0.1) is 5.82 Å². The molecule has 0 heterocycles. The van der Waals surface area contributed by atoms with E-state index in [1.54, 1.807) is 12.1 Å². The molecule has 0 fully saturated rings. The monoisotopic (exact) mass is 181 g/mol. The third kappa shape index (κ3) is 2.81. The van der Waals surface area contributed by atoms with E-state index in [1.165, 1.54) is 0 Å². The first kappa shape index (κ1) is 10.2. The van der Waals surface area contributed by atoms with Gasteiger partial charge in [0.1, 0.15) is 5.82 Å². The molecule has 0 unspecified atom stereocenters. The van der Waals surface area contributed by atoms with Gasteiger partial charge in [-0.15, -0.1) is 0 Å². The highest BCUT2D eigenvalue weighted by atomic mass is 19.1. The molecular formula is C11H16FN. The number of benzene rings is 1. The zero-order valence-electron chi connectivity index (χ0n) is 8.18. The van der Waals surface area contributed by atoms with E-state index in [4.69, 9.17) is 5.73 Å². The molecule has 0 saturated carbocycles. The van der Waals surface area contributed by atoms with Crippen molar-refractivity contribution in [3.8, 4) is 0 Å². The van der Waals surface area contributed by atoms with Gasteiger partial charge in [0.15, 0.2) is 0 Å². The Balaban J connectivity index is 2.96. The minimum atomic E-state index is -0.158. The van der Waals surface area contributed by atoms with Crippen LogP contribution in [0.25, 0.3) is 0 Å². The summed E-state index contributed by atoms with van der Waals surface area (Å²) in [5.74, 6) is 0.210. The quantitative estimate of drug-likeness (QED) is 0.761. The van der Waals surface area contributed by atoms with Gasteiger partial charge in [0.05, 0.1) is 0 Å². The summed E-state index contributed by atoms with van der Waals surface area (Å²) in [4.78, 5) is 0. The maximum Gasteiger partial charge on any atom is 0.123 e. The number of nitrogens with two attached hydrogens (primary N) is 1. The maximum absolute atomic E-state index is 13.1. The van der Waals surface area contributed by atoms with Crippen LogP contribution in [-0.4, -0.2) is 6.54 Å². The lowest BCUT2D eigenvalue weighted by molar-refractivity contribution is 0.620. The van der Waals surface area contributed by atoms with Gasteiger partial charge < -0.3 is 5.73 Å². The first-order valence-corrected chi connectivity index (χ1v) is 4.63. The Labute approximate surface area is 78.8 Å². The van der Waals surface area contributed by atoms with E-state index in [2.05, 4.69) is 13.8 Å². The second kappa shape index (κ2) is 4.38. The van der Waals surface area contributed by atoms with Crippen molar-refractivity contribution in [1.29, 1.82) is 0 Å². The smallest absolute Gasteiger partial charge is 0.123 e. The van der Waals surface area contributed by atoms with Crippen LogP contribution in [0.4, 0.5) is 4.39 Å². The van der Waals surface area contributed by atoms with Crippen LogP contribution in [0.3, 0.4) is 0 Å². The highest BCUT2D eigenvalue weighted by Gasteiger charge is 2.03. The Bertz CT molecular complexity index is 281. The fraction of sp³-hybridized carbons (Fsp3) is 0.455. The molecule has 0 spiro atoms. The second-order valence-electron chi connectivity index (χ2n) is 3.59. The molecule has 13 heavy (non-hydrogen) atoms. The Kier molecular flexibility index (Phi) is 3.43. The van der Waals surface area contributed by atoms with Crippen molar-refractivity contribution >= 4 is 0 Å². The molecule has 72 valence electrons. The molecule has 0 aliphatic heterocycles. The van der Waals surface area contributed by atoms with Gasteiger partial charge >= 0.3 is 0 Å². The van der Waals surface area contributed by atoms with Gasteiger partial charge in [0.25, 0.3) is 0 Å². The standard InChI is InChI=1S/C11H16FN/c1-8(2)10-5-9(3-4-13)6-11(12)7-10/h5-8H,3-4,13H2,1-2H3. The first-order valence-electron chi connectivity index (χ1n) is 4.63. The molecule has 0 bridgehead atoms. The molecule has 0 aromatic heterocycles. The fourth-order valence-corrected chi connectivity index (χ4v) is 1.32. The molecule has 1 nitrogen and oxygen atoms in total. The molecule has 0 saturated heterocycles.